The van der Waals surface area contributed by atoms with E-state index in [1.54, 1.807) is 16.9 Å². The number of amides is 2. The van der Waals surface area contributed by atoms with Gasteiger partial charge in [-0.05, 0) is 40.0 Å². The Morgan fingerprint density at radius 2 is 2.00 bits per heavy atom. The third kappa shape index (κ3) is 3.70. The molecule has 0 saturated heterocycles. The van der Waals surface area contributed by atoms with Crippen LogP contribution in [0.3, 0.4) is 0 Å². The van der Waals surface area contributed by atoms with Crippen LogP contribution in [0.15, 0.2) is 0 Å². The van der Waals surface area contributed by atoms with Gasteiger partial charge in [0, 0.05) is 32.3 Å². The van der Waals surface area contributed by atoms with E-state index < -0.39 is 5.60 Å². The number of nitrogens with zero attached hydrogens (tertiary/aromatic N) is 3. The maximum Gasteiger partial charge on any atom is 0.410 e. The molecule has 144 valence electrons. The molecule has 1 aliphatic heterocycles. The van der Waals surface area contributed by atoms with Crippen molar-refractivity contribution in [2.75, 3.05) is 20.7 Å². The van der Waals surface area contributed by atoms with Crippen molar-refractivity contribution in [3.8, 4) is 0 Å². The number of H-pyrrole nitrogens is 1. The Balaban J connectivity index is 1.66. The number of hydrogen-bond acceptors (Lipinski definition) is 5. The van der Waals surface area contributed by atoms with Crippen LogP contribution in [0, 0.1) is 0 Å². The smallest absolute Gasteiger partial charge is 0.410 e. The van der Waals surface area contributed by atoms with Gasteiger partial charge in [0.25, 0.3) is 5.91 Å². The van der Waals surface area contributed by atoms with Gasteiger partial charge in [0.2, 0.25) is 0 Å². The second-order valence-electron chi connectivity index (χ2n) is 8.08. The highest BCUT2D eigenvalue weighted by Crippen LogP contribution is 2.29. The van der Waals surface area contributed by atoms with Gasteiger partial charge in [-0.1, -0.05) is 0 Å². The van der Waals surface area contributed by atoms with Crippen LogP contribution in [0.4, 0.5) is 4.79 Å². The SMILES string of the molecule is COC1CC(N(C)C(=O)c2n[nH]c3c2CCN(C(=O)OC(C)(C)C)C3)C1. The first-order valence-corrected chi connectivity index (χ1v) is 9.03. The lowest BCUT2D eigenvalue weighted by Crippen LogP contribution is -2.48. The number of nitrogens with one attached hydrogen (secondary N) is 1. The third-order valence-corrected chi connectivity index (χ3v) is 5.06. The van der Waals surface area contributed by atoms with Crippen molar-refractivity contribution in [3.05, 3.63) is 17.0 Å². The van der Waals surface area contributed by atoms with Crippen LogP contribution in [0.1, 0.15) is 55.4 Å². The summed E-state index contributed by atoms with van der Waals surface area (Å²) in [4.78, 5) is 28.5. The molecular weight excluding hydrogens is 336 g/mol. The van der Waals surface area contributed by atoms with Gasteiger partial charge < -0.3 is 19.3 Å². The van der Waals surface area contributed by atoms with Crippen LogP contribution < -0.4 is 0 Å². The molecule has 1 aliphatic carbocycles. The third-order valence-electron chi connectivity index (χ3n) is 5.06. The monoisotopic (exact) mass is 364 g/mol. The minimum absolute atomic E-state index is 0.0761. The summed E-state index contributed by atoms with van der Waals surface area (Å²) < 4.78 is 10.7. The highest BCUT2D eigenvalue weighted by Gasteiger charge is 2.37. The van der Waals surface area contributed by atoms with Crippen LogP contribution in [0.2, 0.25) is 0 Å². The van der Waals surface area contributed by atoms with Gasteiger partial charge in [0.05, 0.1) is 18.3 Å². The highest BCUT2D eigenvalue weighted by molar-refractivity contribution is 5.94. The first-order chi connectivity index (χ1) is 12.2. The van der Waals surface area contributed by atoms with Crippen LogP contribution >= 0.6 is 0 Å². The number of aromatic nitrogens is 2. The molecule has 1 aromatic rings. The molecular formula is C18H28N4O4. The highest BCUT2D eigenvalue weighted by atomic mass is 16.6. The summed E-state index contributed by atoms with van der Waals surface area (Å²) in [6.45, 7) is 6.43. The average Bonchev–Trinajstić information content (AvgIpc) is 2.94. The van der Waals surface area contributed by atoms with Crippen molar-refractivity contribution >= 4 is 12.0 Å². The van der Waals surface area contributed by atoms with E-state index in [1.165, 1.54) is 0 Å². The summed E-state index contributed by atoms with van der Waals surface area (Å²) in [7, 11) is 3.51. The molecule has 3 rings (SSSR count). The molecule has 2 amide bonds. The minimum atomic E-state index is -0.530. The zero-order valence-electron chi connectivity index (χ0n) is 16.2. The van der Waals surface area contributed by atoms with Crippen LogP contribution in [0.25, 0.3) is 0 Å². The van der Waals surface area contributed by atoms with Gasteiger partial charge >= 0.3 is 6.09 Å². The van der Waals surface area contributed by atoms with E-state index >= 15 is 0 Å². The zero-order chi connectivity index (χ0) is 19.1. The van der Waals surface area contributed by atoms with Crippen LogP contribution in [-0.4, -0.2) is 70.4 Å². The molecule has 1 fully saturated rings. The van der Waals surface area contributed by atoms with E-state index in [1.807, 2.05) is 27.8 Å². The summed E-state index contributed by atoms with van der Waals surface area (Å²) in [5.74, 6) is -0.0761. The predicted molar refractivity (Wildman–Crippen MR) is 94.8 cm³/mol. The normalized spacial score (nSPS) is 22.4. The van der Waals surface area contributed by atoms with Gasteiger partial charge in [-0.3, -0.25) is 9.89 Å². The van der Waals surface area contributed by atoms with Crippen molar-refractivity contribution in [3.63, 3.8) is 0 Å². The van der Waals surface area contributed by atoms with Crippen LogP contribution in [0.5, 0.6) is 0 Å². The quantitative estimate of drug-likeness (QED) is 0.886. The Morgan fingerprint density at radius 3 is 2.62 bits per heavy atom. The summed E-state index contributed by atoms with van der Waals surface area (Å²) in [5, 5.41) is 7.17. The summed E-state index contributed by atoms with van der Waals surface area (Å²) in [6.07, 6.45) is 2.20. The minimum Gasteiger partial charge on any atom is -0.444 e. The van der Waals surface area contributed by atoms with Crippen LogP contribution in [-0.2, 0) is 22.4 Å². The Bertz CT molecular complexity index is 688. The number of ether oxygens (including phenoxy) is 2. The fourth-order valence-electron chi connectivity index (χ4n) is 3.36. The van der Waals surface area contributed by atoms with Gasteiger partial charge in [0.15, 0.2) is 5.69 Å². The molecule has 0 bridgehead atoms. The molecule has 0 radical (unpaired) electrons. The Kier molecular flexibility index (Phi) is 4.96. The van der Waals surface area contributed by atoms with Gasteiger partial charge in [-0.15, -0.1) is 0 Å². The molecule has 26 heavy (non-hydrogen) atoms. The van der Waals surface area contributed by atoms with E-state index in [9.17, 15) is 9.59 Å². The molecule has 0 spiro atoms. The zero-order valence-corrected chi connectivity index (χ0v) is 16.2. The summed E-state index contributed by atoms with van der Waals surface area (Å²) >= 11 is 0. The number of hydrogen-bond donors (Lipinski definition) is 1. The second-order valence-corrected chi connectivity index (χ2v) is 8.08. The van der Waals surface area contributed by atoms with E-state index in [2.05, 4.69) is 10.2 Å². The molecule has 2 heterocycles. The lowest BCUT2D eigenvalue weighted by Gasteiger charge is -2.40. The number of carbonyl (C=O) groups is 2. The maximum atomic E-state index is 12.8. The molecule has 2 aliphatic rings. The van der Waals surface area contributed by atoms with Gasteiger partial charge in [0.1, 0.15) is 5.60 Å². The van der Waals surface area contributed by atoms with E-state index in [0.29, 0.717) is 25.2 Å². The van der Waals surface area contributed by atoms with Gasteiger partial charge in [-0.2, -0.15) is 5.10 Å². The number of methoxy groups -OCH3 is 1. The van der Waals surface area contributed by atoms with Gasteiger partial charge in [-0.25, -0.2) is 4.79 Å². The Hall–Kier alpha value is -2.09. The van der Waals surface area contributed by atoms with Crippen molar-refractivity contribution in [2.45, 2.75) is 64.3 Å². The average molecular weight is 364 g/mol. The fraction of sp³-hybridized carbons (Fsp3) is 0.722. The van der Waals surface area contributed by atoms with E-state index in [-0.39, 0.29) is 24.1 Å². The summed E-state index contributed by atoms with van der Waals surface area (Å²) in [5.41, 5.74) is 1.65. The van der Waals surface area contributed by atoms with Crippen molar-refractivity contribution in [2.24, 2.45) is 0 Å². The van der Waals surface area contributed by atoms with Crippen molar-refractivity contribution in [1.82, 2.24) is 20.0 Å². The molecule has 1 aromatic heterocycles. The number of carbonyl (C=O) groups excluding carboxylic acids is 2. The van der Waals surface area contributed by atoms with E-state index in [0.717, 1.165) is 24.1 Å². The predicted octanol–water partition coefficient (Wildman–Crippen LogP) is 1.95. The lowest BCUT2D eigenvalue weighted by atomic mass is 9.88. The van der Waals surface area contributed by atoms with Crippen molar-refractivity contribution < 1.29 is 19.1 Å². The Morgan fingerprint density at radius 1 is 1.31 bits per heavy atom. The first-order valence-electron chi connectivity index (χ1n) is 9.03. The molecule has 8 nitrogen and oxygen atoms in total. The maximum absolute atomic E-state index is 12.8. The molecule has 8 heteroatoms. The van der Waals surface area contributed by atoms with E-state index in [4.69, 9.17) is 9.47 Å². The first kappa shape index (κ1) is 18.7. The molecule has 1 saturated carbocycles. The lowest BCUT2D eigenvalue weighted by molar-refractivity contribution is -0.0146. The standard InChI is InChI=1S/C18H28N4O4/c1-18(2,3)26-17(24)22-7-6-13-14(10-22)19-20-15(13)16(23)21(4)11-8-12(9-11)25-5/h11-12H,6-10H2,1-5H3,(H,19,20). The summed E-state index contributed by atoms with van der Waals surface area (Å²) in [6, 6.07) is 0.196. The fourth-order valence-corrected chi connectivity index (χ4v) is 3.36. The number of fused-ring (bicyclic) bond motifs is 1. The molecule has 0 aromatic carbocycles. The molecule has 0 atom stereocenters. The molecule has 0 unspecified atom stereocenters. The second kappa shape index (κ2) is 6.90. The molecule has 1 N–H and O–H groups in total. The largest absolute Gasteiger partial charge is 0.444 e. The number of rotatable bonds is 3. The Labute approximate surface area is 153 Å². The number of aromatic amines is 1. The van der Waals surface area contributed by atoms with Crippen molar-refractivity contribution in [1.29, 1.82) is 0 Å². The topological polar surface area (TPSA) is 87.8 Å².